The third-order valence-corrected chi connectivity index (χ3v) is 6.23. The fraction of sp³-hybridized carbons (Fsp3) is 0.370. The number of ether oxygens (including phenoxy) is 2. The molecule has 0 spiro atoms. The Morgan fingerprint density at radius 2 is 1.68 bits per heavy atom. The van der Waals surface area contributed by atoms with Crippen LogP contribution >= 0.6 is 0 Å². The number of nitrogens with two attached hydrogens (primary N) is 1. The fourth-order valence-corrected chi connectivity index (χ4v) is 4.46. The van der Waals surface area contributed by atoms with E-state index >= 15 is 0 Å². The normalized spacial score (nSPS) is 11.9. The fourth-order valence-electron chi connectivity index (χ4n) is 4.46. The quantitative estimate of drug-likeness (QED) is 0.327. The van der Waals surface area contributed by atoms with Crippen LogP contribution in [0.25, 0.3) is 10.9 Å². The predicted octanol–water partition coefficient (Wildman–Crippen LogP) is 4.73. The largest absolute Gasteiger partial charge is 0.497 e. The van der Waals surface area contributed by atoms with E-state index in [1.54, 1.807) is 29.9 Å². The van der Waals surface area contributed by atoms with Crippen molar-refractivity contribution in [3.8, 4) is 5.75 Å². The molecule has 0 bridgehead atoms. The number of fused-ring (bicyclic) bond motifs is 1. The molecule has 34 heavy (non-hydrogen) atoms. The number of amides is 1. The number of hydrogen-bond donors (Lipinski definition) is 1. The van der Waals surface area contributed by atoms with Gasteiger partial charge in [0.2, 0.25) is 5.91 Å². The summed E-state index contributed by atoms with van der Waals surface area (Å²) in [6, 6.07) is 14.6. The molecule has 0 saturated heterocycles. The molecule has 0 aliphatic heterocycles. The van der Waals surface area contributed by atoms with Gasteiger partial charge in [0.05, 0.1) is 25.7 Å². The minimum Gasteiger partial charge on any atom is -0.497 e. The number of hydrogen-bond acceptors (Lipinski definition) is 5. The molecule has 2 aromatic carbocycles. The van der Waals surface area contributed by atoms with E-state index in [0.29, 0.717) is 35.4 Å². The second-order valence-electron chi connectivity index (χ2n) is 8.37. The number of aromatic nitrogens is 1. The molecule has 0 aliphatic carbocycles. The van der Waals surface area contributed by atoms with Gasteiger partial charge in [0.25, 0.3) is 5.91 Å². The first-order chi connectivity index (χ1) is 16.4. The van der Waals surface area contributed by atoms with Crippen molar-refractivity contribution in [1.82, 2.24) is 4.57 Å². The summed E-state index contributed by atoms with van der Waals surface area (Å²) in [6.07, 6.45) is 4.20. The highest BCUT2D eigenvalue weighted by atomic mass is 16.5. The number of unbranched alkanes of at least 4 members (excludes halogenated alkanes) is 3. The molecule has 1 aromatic heterocycles. The van der Waals surface area contributed by atoms with Gasteiger partial charge in [-0.3, -0.25) is 19.0 Å². The van der Waals surface area contributed by atoms with E-state index in [2.05, 4.69) is 4.74 Å². The van der Waals surface area contributed by atoms with Gasteiger partial charge in [-0.05, 0) is 55.7 Å². The Labute approximate surface area is 199 Å². The number of primary amides is 1. The zero-order valence-electron chi connectivity index (χ0n) is 20.0. The first-order valence-electron chi connectivity index (χ1n) is 11.5. The molecule has 7 nitrogen and oxygen atoms in total. The first kappa shape index (κ1) is 25.0. The second kappa shape index (κ2) is 11.5. The van der Waals surface area contributed by atoms with Crippen LogP contribution in [0.5, 0.6) is 5.75 Å². The van der Waals surface area contributed by atoms with Crippen molar-refractivity contribution in [3.63, 3.8) is 0 Å². The molecule has 0 saturated carbocycles. The van der Waals surface area contributed by atoms with Crippen molar-refractivity contribution in [1.29, 1.82) is 0 Å². The summed E-state index contributed by atoms with van der Waals surface area (Å²) in [7, 11) is 2.97. The Balaban J connectivity index is 1.93. The molecule has 0 radical (unpaired) electrons. The van der Waals surface area contributed by atoms with E-state index in [1.807, 2.05) is 37.3 Å². The lowest BCUT2D eigenvalue weighted by atomic mass is 9.90. The van der Waals surface area contributed by atoms with Crippen molar-refractivity contribution in [2.75, 3.05) is 14.2 Å². The number of methoxy groups -OCH3 is 2. The summed E-state index contributed by atoms with van der Waals surface area (Å²) in [5, 5.41) is 0.788. The zero-order valence-corrected chi connectivity index (χ0v) is 20.0. The van der Waals surface area contributed by atoms with Crippen molar-refractivity contribution in [2.45, 2.75) is 51.4 Å². The molecule has 3 rings (SSSR count). The summed E-state index contributed by atoms with van der Waals surface area (Å²) >= 11 is 0. The number of esters is 1. The average molecular weight is 465 g/mol. The summed E-state index contributed by atoms with van der Waals surface area (Å²) in [5.41, 5.74) is 8.61. The van der Waals surface area contributed by atoms with Crippen LogP contribution < -0.4 is 10.5 Å². The molecule has 0 fully saturated rings. The molecule has 1 unspecified atom stereocenters. The van der Waals surface area contributed by atoms with E-state index in [1.165, 1.54) is 7.11 Å². The summed E-state index contributed by atoms with van der Waals surface area (Å²) in [4.78, 5) is 37.3. The molecule has 0 aliphatic rings. The van der Waals surface area contributed by atoms with Crippen LogP contribution in [0.4, 0.5) is 0 Å². The van der Waals surface area contributed by atoms with Crippen molar-refractivity contribution in [3.05, 3.63) is 65.4 Å². The lowest BCUT2D eigenvalue weighted by Gasteiger charge is -2.15. The van der Waals surface area contributed by atoms with Crippen LogP contribution in [0.1, 0.15) is 66.1 Å². The highest BCUT2D eigenvalue weighted by Gasteiger charge is 2.28. The van der Waals surface area contributed by atoms with Crippen LogP contribution in [0.15, 0.2) is 48.5 Å². The van der Waals surface area contributed by atoms with Gasteiger partial charge < -0.3 is 15.2 Å². The minimum absolute atomic E-state index is 0.162. The van der Waals surface area contributed by atoms with E-state index in [9.17, 15) is 14.4 Å². The number of carbonyl (C=O) groups excluding carboxylic acids is 3. The van der Waals surface area contributed by atoms with Gasteiger partial charge in [0.15, 0.2) is 0 Å². The van der Waals surface area contributed by atoms with Gasteiger partial charge in [0, 0.05) is 23.1 Å². The highest BCUT2D eigenvalue weighted by Crippen LogP contribution is 2.37. The standard InChI is InChI=1S/C27H32N2O5/c1-18-25(21(26(28)31)13-9-4-5-10-14-24(30)34-3)22-17-20(33-2)15-16-23(22)29(18)27(32)19-11-7-6-8-12-19/h6-8,11-12,15-17,21H,4-5,9-10,13-14H2,1-3H3,(H2,28,31). The maximum absolute atomic E-state index is 13.4. The van der Waals surface area contributed by atoms with Gasteiger partial charge >= 0.3 is 5.97 Å². The lowest BCUT2D eigenvalue weighted by Crippen LogP contribution is -2.22. The van der Waals surface area contributed by atoms with Crippen molar-refractivity contribution < 1.29 is 23.9 Å². The predicted molar refractivity (Wildman–Crippen MR) is 131 cm³/mol. The van der Waals surface area contributed by atoms with E-state index in [-0.39, 0.29) is 11.9 Å². The number of rotatable bonds is 11. The molecule has 1 heterocycles. The van der Waals surface area contributed by atoms with Gasteiger partial charge in [-0.1, -0.05) is 37.5 Å². The number of benzene rings is 2. The zero-order chi connectivity index (χ0) is 24.7. The Kier molecular flexibility index (Phi) is 8.46. The third-order valence-electron chi connectivity index (χ3n) is 6.23. The minimum atomic E-state index is -0.542. The number of carbonyl (C=O) groups is 3. The molecular formula is C27H32N2O5. The Hall–Kier alpha value is -3.61. The Morgan fingerprint density at radius 1 is 0.971 bits per heavy atom. The third kappa shape index (κ3) is 5.47. The van der Waals surface area contributed by atoms with Crippen LogP contribution in [0, 0.1) is 6.92 Å². The summed E-state index contributed by atoms with van der Waals surface area (Å²) < 4.78 is 11.7. The second-order valence-corrected chi connectivity index (χ2v) is 8.37. The molecular weight excluding hydrogens is 432 g/mol. The molecule has 1 amide bonds. The Bertz CT molecular complexity index is 1170. The first-order valence-corrected chi connectivity index (χ1v) is 11.5. The van der Waals surface area contributed by atoms with Gasteiger partial charge in [-0.2, -0.15) is 0 Å². The molecule has 3 aromatic rings. The lowest BCUT2D eigenvalue weighted by molar-refractivity contribution is -0.140. The van der Waals surface area contributed by atoms with Crippen LogP contribution in [-0.2, 0) is 14.3 Å². The number of nitrogens with zero attached hydrogens (tertiary/aromatic N) is 1. The molecule has 7 heteroatoms. The van der Waals surface area contributed by atoms with E-state index in [0.717, 1.165) is 36.6 Å². The van der Waals surface area contributed by atoms with Gasteiger partial charge in [-0.15, -0.1) is 0 Å². The highest BCUT2D eigenvalue weighted by molar-refractivity contribution is 6.05. The summed E-state index contributed by atoms with van der Waals surface area (Å²) in [6.45, 7) is 1.86. The molecule has 180 valence electrons. The van der Waals surface area contributed by atoms with E-state index < -0.39 is 11.8 Å². The maximum atomic E-state index is 13.4. The Morgan fingerprint density at radius 3 is 2.32 bits per heavy atom. The maximum Gasteiger partial charge on any atom is 0.305 e. The summed E-state index contributed by atoms with van der Waals surface area (Å²) in [5.74, 6) is -0.697. The van der Waals surface area contributed by atoms with E-state index in [4.69, 9.17) is 10.5 Å². The van der Waals surface area contributed by atoms with Crippen LogP contribution in [0.2, 0.25) is 0 Å². The monoisotopic (exact) mass is 464 g/mol. The van der Waals surface area contributed by atoms with Crippen molar-refractivity contribution in [2.24, 2.45) is 5.73 Å². The van der Waals surface area contributed by atoms with Crippen molar-refractivity contribution >= 4 is 28.7 Å². The SMILES string of the molecule is COC(=O)CCCCCCC(C(N)=O)c1c(C)n(C(=O)c2ccccc2)c2ccc(OC)cc12. The molecule has 2 N–H and O–H groups in total. The van der Waals surface area contributed by atoms with Gasteiger partial charge in [-0.25, -0.2) is 0 Å². The van der Waals surface area contributed by atoms with Crippen LogP contribution in [0.3, 0.4) is 0 Å². The average Bonchev–Trinajstić information content (AvgIpc) is 3.13. The van der Waals surface area contributed by atoms with Gasteiger partial charge in [0.1, 0.15) is 5.75 Å². The van der Waals surface area contributed by atoms with Crippen LogP contribution in [-0.4, -0.2) is 36.6 Å². The smallest absolute Gasteiger partial charge is 0.305 e. The molecule has 1 atom stereocenters. The topological polar surface area (TPSA) is 101 Å².